The zero-order chi connectivity index (χ0) is 16.4. The van der Waals surface area contributed by atoms with Gasteiger partial charge in [-0.1, -0.05) is 0 Å². The van der Waals surface area contributed by atoms with E-state index < -0.39 is 0 Å². The molecule has 1 aromatic rings. The molecular formula is C16H25N5O2. The van der Waals surface area contributed by atoms with Crippen LogP contribution in [0.1, 0.15) is 25.0 Å². The Balaban J connectivity index is 1.55. The number of rotatable bonds is 3. The number of likely N-dealkylation sites (N-methyl/N-ethyl adjacent to an activating group) is 1. The molecule has 7 heteroatoms. The molecule has 0 radical (unpaired) electrons. The molecule has 1 aromatic heterocycles. The van der Waals surface area contributed by atoms with Crippen LogP contribution in [0, 0.1) is 6.92 Å². The van der Waals surface area contributed by atoms with Crippen molar-refractivity contribution in [2.75, 3.05) is 44.7 Å². The van der Waals surface area contributed by atoms with Crippen molar-refractivity contribution in [1.29, 1.82) is 0 Å². The number of piperazine rings is 1. The molecule has 2 aliphatic rings. The van der Waals surface area contributed by atoms with E-state index in [0.717, 1.165) is 50.7 Å². The lowest BCUT2D eigenvalue weighted by Gasteiger charge is -2.32. The molecule has 126 valence electrons. The highest BCUT2D eigenvalue weighted by Crippen LogP contribution is 2.22. The molecule has 0 unspecified atom stereocenters. The van der Waals surface area contributed by atoms with Gasteiger partial charge in [0.05, 0.1) is 5.69 Å². The van der Waals surface area contributed by atoms with E-state index >= 15 is 0 Å². The number of carbonyl (C=O) groups excluding carboxylic acids is 2. The highest BCUT2D eigenvalue weighted by molar-refractivity contribution is 5.95. The number of fused-ring (bicyclic) bond motifs is 1. The molecule has 0 aromatic carbocycles. The molecule has 1 saturated heterocycles. The first-order valence-electron chi connectivity index (χ1n) is 8.36. The van der Waals surface area contributed by atoms with Gasteiger partial charge in [0.25, 0.3) is 0 Å². The maximum absolute atomic E-state index is 12.5. The minimum Gasteiger partial charge on any atom is -0.340 e. The molecule has 0 saturated carbocycles. The second-order valence-corrected chi connectivity index (χ2v) is 6.45. The summed E-state index contributed by atoms with van der Waals surface area (Å²) in [6, 6.07) is 1.94. The van der Waals surface area contributed by atoms with Gasteiger partial charge >= 0.3 is 0 Å². The fraction of sp³-hybridized carbons (Fsp3) is 0.688. The highest BCUT2D eigenvalue weighted by atomic mass is 16.2. The molecule has 2 amide bonds. The quantitative estimate of drug-likeness (QED) is 0.813. The highest BCUT2D eigenvalue weighted by Gasteiger charge is 2.25. The van der Waals surface area contributed by atoms with Crippen molar-refractivity contribution in [2.45, 2.75) is 32.7 Å². The van der Waals surface area contributed by atoms with E-state index in [1.807, 2.05) is 22.6 Å². The monoisotopic (exact) mass is 319 g/mol. The summed E-state index contributed by atoms with van der Waals surface area (Å²) in [6.07, 6.45) is 1.48. The van der Waals surface area contributed by atoms with Gasteiger partial charge in [-0.05, 0) is 20.4 Å². The van der Waals surface area contributed by atoms with Gasteiger partial charge in [-0.2, -0.15) is 5.10 Å². The summed E-state index contributed by atoms with van der Waals surface area (Å²) in [7, 11) is 2.06. The summed E-state index contributed by atoms with van der Waals surface area (Å²) < 4.78 is 1.89. The van der Waals surface area contributed by atoms with E-state index in [-0.39, 0.29) is 18.2 Å². The minimum atomic E-state index is 0.0216. The van der Waals surface area contributed by atoms with E-state index in [1.165, 1.54) is 0 Å². The Hall–Kier alpha value is -1.89. The molecule has 3 heterocycles. The van der Waals surface area contributed by atoms with Gasteiger partial charge in [-0.25, -0.2) is 4.68 Å². The average molecular weight is 319 g/mol. The smallest absolute Gasteiger partial charge is 0.228 e. The second kappa shape index (κ2) is 6.70. The summed E-state index contributed by atoms with van der Waals surface area (Å²) in [5.41, 5.74) is 0.924. The Labute approximate surface area is 136 Å². The fourth-order valence-corrected chi connectivity index (χ4v) is 3.22. The number of amides is 2. The minimum absolute atomic E-state index is 0.0216. The van der Waals surface area contributed by atoms with Crippen molar-refractivity contribution in [3.05, 3.63) is 11.8 Å². The Kier molecular flexibility index (Phi) is 4.66. The first-order chi connectivity index (χ1) is 11.0. The lowest BCUT2D eigenvalue weighted by Crippen LogP contribution is -2.47. The molecule has 0 N–H and O–H groups in total. The van der Waals surface area contributed by atoms with Crippen molar-refractivity contribution in [3.63, 3.8) is 0 Å². The number of hydrogen-bond donors (Lipinski definition) is 0. The van der Waals surface area contributed by atoms with Crippen LogP contribution in [0.15, 0.2) is 6.07 Å². The second-order valence-electron chi connectivity index (χ2n) is 6.45. The van der Waals surface area contributed by atoms with Crippen molar-refractivity contribution in [2.24, 2.45) is 0 Å². The summed E-state index contributed by atoms with van der Waals surface area (Å²) in [5.74, 6) is 0.979. The van der Waals surface area contributed by atoms with E-state index in [4.69, 9.17) is 0 Å². The zero-order valence-electron chi connectivity index (χ0n) is 14.0. The molecule has 0 bridgehead atoms. The van der Waals surface area contributed by atoms with Crippen LogP contribution < -0.4 is 4.90 Å². The Morgan fingerprint density at radius 1 is 1.04 bits per heavy atom. The number of carbonyl (C=O) groups is 2. The standard InChI is InChI=1S/C16H25N5O2/c1-13-12-14-20(6-3-7-21(14)17-13)16(23)5-4-15(22)19-10-8-18(2)9-11-19/h12H,3-11H2,1-2H3. The maximum Gasteiger partial charge on any atom is 0.228 e. The van der Waals surface area contributed by atoms with Gasteiger partial charge in [0, 0.05) is 58.2 Å². The number of aromatic nitrogens is 2. The summed E-state index contributed by atoms with van der Waals surface area (Å²) in [5, 5.41) is 4.40. The summed E-state index contributed by atoms with van der Waals surface area (Å²) in [6.45, 7) is 6.84. The number of aryl methyl sites for hydroxylation is 2. The number of nitrogens with zero attached hydrogens (tertiary/aromatic N) is 5. The van der Waals surface area contributed by atoms with Crippen molar-refractivity contribution in [1.82, 2.24) is 19.6 Å². The Morgan fingerprint density at radius 3 is 2.48 bits per heavy atom. The fourth-order valence-electron chi connectivity index (χ4n) is 3.22. The number of hydrogen-bond acceptors (Lipinski definition) is 4. The maximum atomic E-state index is 12.5. The van der Waals surface area contributed by atoms with Crippen molar-refractivity contribution in [3.8, 4) is 0 Å². The Bertz CT molecular complexity index is 589. The van der Waals surface area contributed by atoms with Crippen LogP contribution in [-0.4, -0.2) is 71.2 Å². The van der Waals surface area contributed by atoms with E-state index in [1.54, 1.807) is 4.90 Å². The molecule has 2 aliphatic heterocycles. The van der Waals surface area contributed by atoms with Crippen LogP contribution in [-0.2, 0) is 16.1 Å². The average Bonchev–Trinajstić information content (AvgIpc) is 2.93. The SMILES string of the molecule is Cc1cc2n(n1)CCCN2C(=O)CCC(=O)N1CCN(C)CC1. The normalized spacial score (nSPS) is 18.9. The topological polar surface area (TPSA) is 61.7 Å². The molecule has 7 nitrogen and oxygen atoms in total. The van der Waals surface area contributed by atoms with Gasteiger partial charge in [-0.3, -0.25) is 14.5 Å². The summed E-state index contributed by atoms with van der Waals surface area (Å²) in [4.78, 5) is 30.6. The van der Waals surface area contributed by atoms with Crippen LogP contribution in [0.4, 0.5) is 5.82 Å². The third-order valence-corrected chi connectivity index (χ3v) is 4.62. The van der Waals surface area contributed by atoms with Crippen LogP contribution in [0.2, 0.25) is 0 Å². The summed E-state index contributed by atoms with van der Waals surface area (Å²) >= 11 is 0. The Morgan fingerprint density at radius 2 is 1.74 bits per heavy atom. The van der Waals surface area contributed by atoms with Crippen molar-refractivity contribution >= 4 is 17.6 Å². The van der Waals surface area contributed by atoms with Crippen LogP contribution in [0.25, 0.3) is 0 Å². The van der Waals surface area contributed by atoms with E-state index in [0.29, 0.717) is 13.0 Å². The predicted molar refractivity (Wildman–Crippen MR) is 87.2 cm³/mol. The molecule has 0 aliphatic carbocycles. The first-order valence-corrected chi connectivity index (χ1v) is 8.36. The zero-order valence-corrected chi connectivity index (χ0v) is 14.0. The predicted octanol–water partition coefficient (Wildman–Crippen LogP) is 0.482. The van der Waals surface area contributed by atoms with Crippen molar-refractivity contribution < 1.29 is 9.59 Å². The molecular weight excluding hydrogens is 294 g/mol. The van der Waals surface area contributed by atoms with Gasteiger partial charge in [0.1, 0.15) is 5.82 Å². The molecule has 3 rings (SSSR count). The van der Waals surface area contributed by atoms with Gasteiger partial charge in [-0.15, -0.1) is 0 Å². The first kappa shape index (κ1) is 16.0. The van der Waals surface area contributed by atoms with Crippen LogP contribution >= 0.6 is 0 Å². The lowest BCUT2D eigenvalue weighted by molar-refractivity contribution is -0.134. The lowest BCUT2D eigenvalue weighted by atomic mass is 10.2. The van der Waals surface area contributed by atoms with Gasteiger partial charge < -0.3 is 9.80 Å². The molecule has 1 fully saturated rings. The third kappa shape index (κ3) is 3.55. The van der Waals surface area contributed by atoms with E-state index in [9.17, 15) is 9.59 Å². The van der Waals surface area contributed by atoms with Crippen LogP contribution in [0.5, 0.6) is 0 Å². The third-order valence-electron chi connectivity index (χ3n) is 4.62. The molecule has 23 heavy (non-hydrogen) atoms. The number of anilines is 1. The van der Waals surface area contributed by atoms with E-state index in [2.05, 4.69) is 17.0 Å². The molecule has 0 atom stereocenters. The van der Waals surface area contributed by atoms with Crippen LogP contribution in [0.3, 0.4) is 0 Å². The largest absolute Gasteiger partial charge is 0.340 e. The molecule has 0 spiro atoms. The van der Waals surface area contributed by atoms with Gasteiger partial charge in [0.15, 0.2) is 0 Å². The van der Waals surface area contributed by atoms with Gasteiger partial charge in [0.2, 0.25) is 11.8 Å².